The number of rotatable bonds is 3. The molecule has 2 aliphatic rings. The number of anilines is 1. The van der Waals surface area contributed by atoms with E-state index in [2.05, 4.69) is 20.2 Å². The lowest BCUT2D eigenvalue weighted by Crippen LogP contribution is -2.50. The average molecular weight is 373 g/mol. The van der Waals surface area contributed by atoms with E-state index in [9.17, 15) is 4.79 Å². The Bertz CT molecular complexity index is 786. The zero-order chi connectivity index (χ0) is 17.9. The molecule has 1 aromatic carbocycles. The van der Waals surface area contributed by atoms with Gasteiger partial charge >= 0.3 is 0 Å². The quantitative estimate of drug-likeness (QED) is 0.896. The predicted octanol–water partition coefficient (Wildman–Crippen LogP) is 2.47. The minimum atomic E-state index is -0.190. The van der Waals surface area contributed by atoms with Crippen LogP contribution in [-0.2, 0) is 11.2 Å². The predicted molar refractivity (Wildman–Crippen MR) is 99.6 cm³/mol. The van der Waals surface area contributed by atoms with Crippen LogP contribution in [-0.4, -0.2) is 41.6 Å². The van der Waals surface area contributed by atoms with Crippen LogP contribution >= 0.6 is 11.6 Å². The first kappa shape index (κ1) is 17.1. The Morgan fingerprint density at radius 3 is 3.00 bits per heavy atom. The van der Waals surface area contributed by atoms with Gasteiger partial charge in [-0.05, 0) is 49.1 Å². The summed E-state index contributed by atoms with van der Waals surface area (Å²) >= 11 is 6.06. The van der Waals surface area contributed by atoms with Crippen molar-refractivity contribution in [3.05, 3.63) is 47.2 Å². The maximum atomic E-state index is 12.7. The Labute approximate surface area is 157 Å². The zero-order valence-corrected chi connectivity index (χ0v) is 15.2. The third kappa shape index (κ3) is 3.75. The summed E-state index contributed by atoms with van der Waals surface area (Å²) in [5, 5.41) is 3.85. The van der Waals surface area contributed by atoms with Gasteiger partial charge in [0.1, 0.15) is 12.4 Å². The molecular formula is C19H21ClN4O2. The highest BCUT2D eigenvalue weighted by Crippen LogP contribution is 2.30. The second kappa shape index (κ2) is 7.50. The topological polar surface area (TPSA) is 67.4 Å². The van der Waals surface area contributed by atoms with Crippen LogP contribution < -0.4 is 15.0 Å². The van der Waals surface area contributed by atoms with E-state index >= 15 is 0 Å². The SMILES string of the molecule is O=C(NC1CCCN(c2ncccn2)C1)C1COc2ccc(Cl)cc2C1. The normalized spacial score (nSPS) is 22.3. The van der Waals surface area contributed by atoms with Crippen molar-refractivity contribution >= 4 is 23.5 Å². The van der Waals surface area contributed by atoms with Crippen LogP contribution in [0.4, 0.5) is 5.95 Å². The van der Waals surface area contributed by atoms with Crippen LogP contribution in [0.1, 0.15) is 18.4 Å². The fourth-order valence-corrected chi connectivity index (χ4v) is 3.78. The average Bonchev–Trinajstić information content (AvgIpc) is 2.68. The van der Waals surface area contributed by atoms with E-state index in [0.717, 1.165) is 43.2 Å². The van der Waals surface area contributed by atoms with Gasteiger partial charge < -0.3 is 15.0 Å². The van der Waals surface area contributed by atoms with Gasteiger partial charge in [-0.3, -0.25) is 4.79 Å². The number of carbonyl (C=O) groups excluding carboxylic acids is 1. The molecule has 1 fully saturated rings. The highest BCUT2D eigenvalue weighted by Gasteiger charge is 2.29. The molecule has 1 N–H and O–H groups in total. The molecule has 3 heterocycles. The van der Waals surface area contributed by atoms with E-state index in [1.807, 2.05) is 18.2 Å². The Balaban J connectivity index is 1.37. The minimum Gasteiger partial charge on any atom is -0.492 e. The van der Waals surface area contributed by atoms with E-state index in [1.54, 1.807) is 18.5 Å². The van der Waals surface area contributed by atoms with Gasteiger partial charge in [0.2, 0.25) is 11.9 Å². The number of hydrogen-bond acceptors (Lipinski definition) is 5. The van der Waals surface area contributed by atoms with Gasteiger partial charge in [0.25, 0.3) is 0 Å². The first-order valence-corrected chi connectivity index (χ1v) is 9.30. The number of benzene rings is 1. The lowest BCUT2D eigenvalue weighted by atomic mass is 9.95. The molecule has 0 bridgehead atoms. The Morgan fingerprint density at radius 2 is 2.15 bits per heavy atom. The van der Waals surface area contributed by atoms with Crippen LogP contribution in [0, 0.1) is 5.92 Å². The van der Waals surface area contributed by atoms with E-state index in [0.29, 0.717) is 18.1 Å². The summed E-state index contributed by atoms with van der Waals surface area (Å²) in [5.74, 6) is 1.39. The van der Waals surface area contributed by atoms with Crippen molar-refractivity contribution in [3.8, 4) is 5.75 Å². The smallest absolute Gasteiger partial charge is 0.227 e. The Hall–Kier alpha value is -2.34. The molecule has 6 nitrogen and oxygen atoms in total. The number of fused-ring (bicyclic) bond motifs is 1. The monoisotopic (exact) mass is 372 g/mol. The van der Waals surface area contributed by atoms with Gasteiger partial charge in [0.15, 0.2) is 0 Å². The summed E-state index contributed by atoms with van der Waals surface area (Å²) in [6.07, 6.45) is 6.10. The van der Waals surface area contributed by atoms with Crippen molar-refractivity contribution in [2.75, 3.05) is 24.6 Å². The highest BCUT2D eigenvalue weighted by molar-refractivity contribution is 6.30. The second-order valence-electron chi connectivity index (χ2n) is 6.81. The molecule has 0 spiro atoms. The van der Waals surface area contributed by atoms with Crippen molar-refractivity contribution in [1.82, 2.24) is 15.3 Å². The molecule has 2 aliphatic heterocycles. The molecule has 1 amide bonds. The lowest BCUT2D eigenvalue weighted by Gasteiger charge is -2.34. The van der Waals surface area contributed by atoms with Gasteiger partial charge in [-0.1, -0.05) is 11.6 Å². The van der Waals surface area contributed by atoms with Gasteiger partial charge in [-0.15, -0.1) is 0 Å². The van der Waals surface area contributed by atoms with E-state index in [1.165, 1.54) is 0 Å². The number of carbonyl (C=O) groups is 1. The molecule has 136 valence electrons. The molecule has 7 heteroatoms. The van der Waals surface area contributed by atoms with Crippen molar-refractivity contribution in [3.63, 3.8) is 0 Å². The number of amides is 1. The molecular weight excluding hydrogens is 352 g/mol. The third-order valence-electron chi connectivity index (χ3n) is 4.90. The largest absolute Gasteiger partial charge is 0.492 e. The van der Waals surface area contributed by atoms with Gasteiger partial charge in [0.05, 0.1) is 5.92 Å². The molecule has 26 heavy (non-hydrogen) atoms. The number of nitrogens with one attached hydrogen (secondary N) is 1. The van der Waals surface area contributed by atoms with Gasteiger partial charge in [0, 0.05) is 36.5 Å². The van der Waals surface area contributed by atoms with Crippen molar-refractivity contribution in [2.24, 2.45) is 5.92 Å². The van der Waals surface area contributed by atoms with Crippen LogP contribution in [0.2, 0.25) is 5.02 Å². The molecule has 0 saturated carbocycles. The van der Waals surface area contributed by atoms with E-state index in [-0.39, 0.29) is 17.9 Å². The number of ether oxygens (including phenoxy) is 1. The van der Waals surface area contributed by atoms with Crippen LogP contribution in [0.3, 0.4) is 0 Å². The molecule has 2 aromatic rings. The maximum absolute atomic E-state index is 12.7. The molecule has 1 saturated heterocycles. The lowest BCUT2D eigenvalue weighted by molar-refractivity contribution is -0.127. The first-order valence-electron chi connectivity index (χ1n) is 8.92. The standard InChI is InChI=1S/C19H21ClN4O2/c20-15-4-5-17-13(10-15)9-14(12-26-17)18(25)23-16-3-1-8-24(11-16)19-21-6-2-7-22-19/h2,4-7,10,14,16H,1,3,8-9,11-12H2,(H,23,25). The van der Waals surface area contributed by atoms with Crippen molar-refractivity contribution in [2.45, 2.75) is 25.3 Å². The third-order valence-corrected chi connectivity index (χ3v) is 5.14. The first-order chi connectivity index (χ1) is 12.7. The molecule has 0 radical (unpaired) electrons. The van der Waals surface area contributed by atoms with E-state index in [4.69, 9.17) is 16.3 Å². The Morgan fingerprint density at radius 1 is 1.31 bits per heavy atom. The number of halogens is 1. The number of aromatic nitrogens is 2. The van der Waals surface area contributed by atoms with Crippen LogP contribution in [0.5, 0.6) is 5.75 Å². The van der Waals surface area contributed by atoms with Crippen LogP contribution in [0.15, 0.2) is 36.7 Å². The van der Waals surface area contributed by atoms with Crippen molar-refractivity contribution < 1.29 is 9.53 Å². The summed E-state index contributed by atoms with van der Waals surface area (Å²) in [6.45, 7) is 2.04. The number of piperidine rings is 1. The minimum absolute atomic E-state index is 0.0384. The van der Waals surface area contributed by atoms with Gasteiger partial charge in [-0.25, -0.2) is 9.97 Å². The zero-order valence-electron chi connectivity index (χ0n) is 14.4. The fraction of sp³-hybridized carbons (Fsp3) is 0.421. The molecule has 0 aliphatic carbocycles. The highest BCUT2D eigenvalue weighted by atomic mass is 35.5. The number of nitrogens with zero attached hydrogens (tertiary/aromatic N) is 3. The fourth-order valence-electron chi connectivity index (χ4n) is 3.58. The van der Waals surface area contributed by atoms with E-state index < -0.39 is 0 Å². The van der Waals surface area contributed by atoms with Crippen molar-refractivity contribution in [1.29, 1.82) is 0 Å². The van der Waals surface area contributed by atoms with Crippen LogP contribution in [0.25, 0.3) is 0 Å². The summed E-state index contributed by atoms with van der Waals surface area (Å²) in [5.41, 5.74) is 0.992. The Kier molecular flexibility index (Phi) is 4.93. The molecule has 2 unspecified atom stereocenters. The summed E-state index contributed by atoms with van der Waals surface area (Å²) in [4.78, 5) is 23.5. The molecule has 4 rings (SSSR count). The summed E-state index contributed by atoms with van der Waals surface area (Å²) in [6, 6.07) is 7.46. The second-order valence-corrected chi connectivity index (χ2v) is 7.24. The molecule has 1 aromatic heterocycles. The number of hydrogen-bond donors (Lipinski definition) is 1. The molecule has 2 atom stereocenters. The summed E-state index contributed by atoms with van der Waals surface area (Å²) in [7, 11) is 0. The van der Waals surface area contributed by atoms with Gasteiger partial charge in [-0.2, -0.15) is 0 Å². The maximum Gasteiger partial charge on any atom is 0.227 e. The summed E-state index contributed by atoms with van der Waals surface area (Å²) < 4.78 is 5.74.